The first-order valence-corrected chi connectivity index (χ1v) is 10.2. The van der Waals surface area contributed by atoms with E-state index in [-0.39, 0.29) is 17.5 Å². The number of fused-ring (bicyclic) bond motifs is 1. The Bertz CT molecular complexity index is 1170. The van der Waals surface area contributed by atoms with E-state index < -0.39 is 11.9 Å². The fourth-order valence-electron chi connectivity index (χ4n) is 3.42. The summed E-state index contributed by atoms with van der Waals surface area (Å²) in [6, 6.07) is 12.1. The minimum atomic E-state index is -0.774. The molecule has 2 atom stereocenters. The molecule has 2 aromatic heterocycles. The first-order valence-electron chi connectivity index (χ1n) is 9.84. The molecule has 0 amide bonds. The third-order valence-electron chi connectivity index (χ3n) is 5.12. The molecule has 0 saturated heterocycles. The van der Waals surface area contributed by atoms with Crippen LogP contribution in [-0.4, -0.2) is 25.3 Å². The molecule has 2 unspecified atom stereocenters. The highest BCUT2D eigenvalue weighted by atomic mass is 35.5. The number of aromatic amines is 1. The lowest BCUT2D eigenvalue weighted by Gasteiger charge is -2.18. The van der Waals surface area contributed by atoms with Gasteiger partial charge in [0.15, 0.2) is 12.4 Å². The van der Waals surface area contributed by atoms with E-state index >= 15 is 0 Å². The fraction of sp³-hybridized carbons (Fsp3) is 0.217. The third kappa shape index (κ3) is 4.84. The maximum Gasteiger partial charge on any atom is 0.221 e. The van der Waals surface area contributed by atoms with Gasteiger partial charge in [0, 0.05) is 11.6 Å². The van der Waals surface area contributed by atoms with Crippen LogP contribution in [0.4, 0.5) is 4.39 Å². The number of aliphatic hydroxyl groups excluding tert-OH is 1. The van der Waals surface area contributed by atoms with Crippen molar-refractivity contribution in [2.45, 2.75) is 32.0 Å². The van der Waals surface area contributed by atoms with Gasteiger partial charge in [-0.1, -0.05) is 42.8 Å². The smallest absolute Gasteiger partial charge is 0.221 e. The molecular formula is C23H21ClFN4O2. The predicted molar refractivity (Wildman–Crippen MR) is 116 cm³/mol. The average Bonchev–Trinajstić information content (AvgIpc) is 3.31. The van der Waals surface area contributed by atoms with E-state index in [1.54, 1.807) is 12.3 Å². The predicted octanol–water partition coefficient (Wildman–Crippen LogP) is 5.16. The van der Waals surface area contributed by atoms with Crippen LogP contribution >= 0.6 is 11.6 Å². The lowest BCUT2D eigenvalue weighted by atomic mass is 9.91. The van der Waals surface area contributed by atoms with Crippen LogP contribution in [0.3, 0.4) is 0 Å². The van der Waals surface area contributed by atoms with E-state index in [0.717, 1.165) is 16.3 Å². The topological polar surface area (TPSA) is 83.9 Å². The van der Waals surface area contributed by atoms with Gasteiger partial charge in [-0.2, -0.15) is 5.10 Å². The van der Waals surface area contributed by atoms with E-state index in [1.165, 1.54) is 18.5 Å². The summed E-state index contributed by atoms with van der Waals surface area (Å²) in [4.78, 5) is 8.56. The van der Waals surface area contributed by atoms with Gasteiger partial charge in [-0.25, -0.2) is 14.4 Å². The minimum absolute atomic E-state index is 0.000389. The average molecular weight is 440 g/mol. The minimum Gasteiger partial charge on any atom is -0.469 e. The summed E-state index contributed by atoms with van der Waals surface area (Å²) >= 11 is 5.83. The number of H-pyrrole nitrogens is 1. The molecule has 0 fully saturated rings. The van der Waals surface area contributed by atoms with Crippen molar-refractivity contribution in [3.63, 3.8) is 0 Å². The molecule has 0 aliphatic carbocycles. The van der Waals surface area contributed by atoms with Crippen LogP contribution in [0.15, 0.2) is 55.0 Å². The maximum absolute atomic E-state index is 13.4. The van der Waals surface area contributed by atoms with Crippen LogP contribution in [0.1, 0.15) is 42.3 Å². The molecule has 4 rings (SSSR count). The van der Waals surface area contributed by atoms with Crippen molar-refractivity contribution < 1.29 is 14.2 Å². The largest absolute Gasteiger partial charge is 0.469 e. The van der Waals surface area contributed by atoms with Gasteiger partial charge < -0.3 is 9.84 Å². The van der Waals surface area contributed by atoms with Crippen molar-refractivity contribution in [1.82, 2.24) is 20.2 Å². The number of aromatic nitrogens is 4. The molecule has 2 aromatic carbocycles. The Labute approximate surface area is 184 Å². The van der Waals surface area contributed by atoms with E-state index in [9.17, 15) is 9.50 Å². The molecule has 4 aromatic rings. The van der Waals surface area contributed by atoms with Crippen molar-refractivity contribution in [3.05, 3.63) is 89.2 Å². The van der Waals surface area contributed by atoms with Crippen LogP contribution in [0.2, 0.25) is 5.02 Å². The Hall–Kier alpha value is -3.03. The van der Waals surface area contributed by atoms with Crippen LogP contribution in [0.25, 0.3) is 10.8 Å². The number of pyridine rings is 1. The molecule has 1 radical (unpaired) electrons. The van der Waals surface area contributed by atoms with Gasteiger partial charge in [0.2, 0.25) is 5.88 Å². The summed E-state index contributed by atoms with van der Waals surface area (Å²) in [5, 5.41) is 19.0. The van der Waals surface area contributed by atoms with Gasteiger partial charge in [-0.15, -0.1) is 0 Å². The number of halogens is 2. The molecule has 6 nitrogen and oxygen atoms in total. The molecule has 2 heterocycles. The summed E-state index contributed by atoms with van der Waals surface area (Å²) in [7, 11) is 0. The zero-order chi connectivity index (χ0) is 21.8. The monoisotopic (exact) mass is 439 g/mol. The highest BCUT2D eigenvalue weighted by Crippen LogP contribution is 2.34. The fourth-order valence-corrected chi connectivity index (χ4v) is 3.61. The number of hydrogen-bond donors (Lipinski definition) is 2. The van der Waals surface area contributed by atoms with E-state index in [4.69, 9.17) is 16.3 Å². The van der Waals surface area contributed by atoms with Crippen molar-refractivity contribution in [3.8, 4) is 5.88 Å². The number of benzene rings is 2. The number of nitrogens with one attached hydrogen (secondary N) is 1. The van der Waals surface area contributed by atoms with Gasteiger partial charge in [0.25, 0.3) is 0 Å². The van der Waals surface area contributed by atoms with E-state index in [1.807, 2.05) is 37.6 Å². The Kier molecular flexibility index (Phi) is 6.44. The second-order valence-corrected chi connectivity index (χ2v) is 7.62. The van der Waals surface area contributed by atoms with Crippen LogP contribution in [-0.2, 0) is 6.61 Å². The second-order valence-electron chi connectivity index (χ2n) is 7.22. The quantitative estimate of drug-likeness (QED) is 0.396. The summed E-state index contributed by atoms with van der Waals surface area (Å²) in [6.07, 6.45) is 4.92. The molecule has 8 heteroatoms. The molecule has 2 N–H and O–H groups in total. The SMILES string of the molecule is CC([CH]CC(O)c1ccc(F)c(Cl)c1)c1cnc(OCc2nc[nH]n2)c2ccccc12. The van der Waals surface area contributed by atoms with Crippen LogP contribution in [0.5, 0.6) is 5.88 Å². The van der Waals surface area contributed by atoms with Crippen molar-refractivity contribution in [2.24, 2.45) is 0 Å². The Morgan fingerprint density at radius 1 is 1.19 bits per heavy atom. The highest BCUT2D eigenvalue weighted by molar-refractivity contribution is 6.30. The molecule has 0 aliphatic rings. The van der Waals surface area contributed by atoms with Gasteiger partial charge >= 0.3 is 0 Å². The van der Waals surface area contributed by atoms with Crippen molar-refractivity contribution >= 4 is 22.4 Å². The van der Waals surface area contributed by atoms with Gasteiger partial charge in [0.1, 0.15) is 12.1 Å². The summed E-state index contributed by atoms with van der Waals surface area (Å²) < 4.78 is 19.2. The lowest BCUT2D eigenvalue weighted by Crippen LogP contribution is -2.05. The summed E-state index contributed by atoms with van der Waals surface area (Å²) in [5.41, 5.74) is 1.60. The van der Waals surface area contributed by atoms with Crippen LogP contribution in [0, 0.1) is 12.2 Å². The Balaban J connectivity index is 1.49. The summed E-state index contributed by atoms with van der Waals surface area (Å²) in [5.74, 6) is 0.576. The van der Waals surface area contributed by atoms with Gasteiger partial charge in [0.05, 0.1) is 11.1 Å². The molecule has 0 spiro atoms. The van der Waals surface area contributed by atoms with Crippen molar-refractivity contribution in [1.29, 1.82) is 0 Å². The third-order valence-corrected chi connectivity index (χ3v) is 5.41. The van der Waals surface area contributed by atoms with Crippen LogP contribution < -0.4 is 4.74 Å². The highest BCUT2D eigenvalue weighted by Gasteiger charge is 2.17. The van der Waals surface area contributed by atoms with Gasteiger partial charge in [-0.05, 0) is 53.5 Å². The molecule has 31 heavy (non-hydrogen) atoms. The van der Waals surface area contributed by atoms with E-state index in [0.29, 0.717) is 23.7 Å². The van der Waals surface area contributed by atoms with E-state index in [2.05, 4.69) is 20.2 Å². The second kappa shape index (κ2) is 9.41. The zero-order valence-electron chi connectivity index (χ0n) is 16.8. The lowest BCUT2D eigenvalue weighted by molar-refractivity contribution is 0.175. The number of rotatable bonds is 8. The number of ether oxygens (including phenoxy) is 1. The number of nitrogens with zero attached hydrogens (tertiary/aromatic N) is 3. The molecule has 159 valence electrons. The molecular weight excluding hydrogens is 419 g/mol. The first-order chi connectivity index (χ1) is 15.0. The standard InChI is InChI=1S/C23H21ClFN4O2/c1-14(6-9-21(30)15-7-8-20(25)19(24)10-15)18-11-26-23(17-5-3-2-4-16(17)18)31-12-22-27-13-28-29-22/h2-8,10-11,13-14,21,30H,9,12H2,1H3,(H,27,28,29). The number of aliphatic hydroxyl groups is 1. The molecule has 0 bridgehead atoms. The Morgan fingerprint density at radius 3 is 2.74 bits per heavy atom. The first kappa shape index (κ1) is 21.2. The number of hydrogen-bond acceptors (Lipinski definition) is 5. The Morgan fingerprint density at radius 2 is 2.00 bits per heavy atom. The van der Waals surface area contributed by atoms with Gasteiger partial charge in [-0.3, -0.25) is 5.10 Å². The maximum atomic E-state index is 13.4. The molecule has 0 aliphatic heterocycles. The van der Waals surface area contributed by atoms with Crippen molar-refractivity contribution in [2.75, 3.05) is 0 Å². The normalized spacial score (nSPS) is 13.3. The molecule has 0 saturated carbocycles. The summed E-state index contributed by atoms with van der Waals surface area (Å²) in [6.45, 7) is 2.26. The zero-order valence-corrected chi connectivity index (χ0v) is 17.6.